The Morgan fingerprint density at radius 3 is 2.66 bits per heavy atom. The molecular weight excluding hydrogens is 375 g/mol. The Balaban J connectivity index is 1.81. The third kappa shape index (κ3) is 4.59. The number of hydrogen-bond acceptors (Lipinski definition) is 4. The summed E-state index contributed by atoms with van der Waals surface area (Å²) in [5, 5.41) is 2.47. The topological polar surface area (TPSA) is 105 Å². The van der Waals surface area contributed by atoms with Crippen LogP contribution in [0.25, 0.3) is 0 Å². The van der Waals surface area contributed by atoms with E-state index in [0.717, 1.165) is 6.42 Å². The molecular formula is C21H23FN4O3. The SMILES string of the molecule is Cc1ccc([C@@H]2CC[C@@H](C)CN2C(=O)C(=O)Nc2cncc(C(N)=O)c2)cc1F. The number of anilines is 1. The van der Waals surface area contributed by atoms with Crippen molar-refractivity contribution < 1.29 is 18.8 Å². The van der Waals surface area contributed by atoms with Crippen LogP contribution in [0.5, 0.6) is 0 Å². The zero-order valence-electron chi connectivity index (χ0n) is 16.3. The summed E-state index contributed by atoms with van der Waals surface area (Å²) in [5.41, 5.74) is 6.72. The summed E-state index contributed by atoms with van der Waals surface area (Å²) in [6.07, 6.45) is 4.11. The number of nitrogens with one attached hydrogen (secondary N) is 1. The lowest BCUT2D eigenvalue weighted by Crippen LogP contribution is -2.46. The molecule has 0 bridgehead atoms. The predicted octanol–water partition coefficient (Wildman–Crippen LogP) is 2.57. The number of pyridine rings is 1. The number of rotatable bonds is 3. The zero-order chi connectivity index (χ0) is 21.1. The Kier molecular flexibility index (Phi) is 5.91. The first kappa shape index (κ1) is 20.4. The molecule has 0 spiro atoms. The number of piperidine rings is 1. The number of aryl methyl sites for hydroxylation is 1. The van der Waals surface area contributed by atoms with Gasteiger partial charge in [-0.1, -0.05) is 19.1 Å². The third-order valence-corrected chi connectivity index (χ3v) is 5.13. The number of carbonyl (C=O) groups is 3. The number of aromatic nitrogens is 1. The molecule has 1 aliphatic heterocycles. The summed E-state index contributed by atoms with van der Waals surface area (Å²) in [7, 11) is 0. The summed E-state index contributed by atoms with van der Waals surface area (Å²) >= 11 is 0. The number of benzene rings is 1. The van der Waals surface area contributed by atoms with Gasteiger partial charge in [0.25, 0.3) is 0 Å². The molecule has 1 aliphatic rings. The Bertz CT molecular complexity index is 963. The average Bonchev–Trinajstić information content (AvgIpc) is 2.69. The summed E-state index contributed by atoms with van der Waals surface area (Å²) in [6, 6.07) is 5.86. The number of carbonyl (C=O) groups excluding carboxylic acids is 3. The zero-order valence-corrected chi connectivity index (χ0v) is 16.3. The van der Waals surface area contributed by atoms with Gasteiger partial charge >= 0.3 is 11.8 Å². The fraction of sp³-hybridized carbons (Fsp3) is 0.333. The Labute approximate surface area is 168 Å². The molecule has 2 heterocycles. The van der Waals surface area contributed by atoms with Crippen molar-refractivity contribution in [1.29, 1.82) is 0 Å². The highest BCUT2D eigenvalue weighted by atomic mass is 19.1. The highest BCUT2D eigenvalue weighted by Gasteiger charge is 2.34. The predicted molar refractivity (Wildman–Crippen MR) is 105 cm³/mol. The van der Waals surface area contributed by atoms with E-state index in [4.69, 9.17) is 5.73 Å². The van der Waals surface area contributed by atoms with Crippen LogP contribution in [0.4, 0.5) is 10.1 Å². The van der Waals surface area contributed by atoms with Gasteiger partial charge in [-0.15, -0.1) is 0 Å². The summed E-state index contributed by atoms with van der Waals surface area (Å²) in [5.74, 6) is -2.37. The van der Waals surface area contributed by atoms with Gasteiger partial charge < -0.3 is 16.0 Å². The van der Waals surface area contributed by atoms with Gasteiger partial charge in [0.1, 0.15) is 5.82 Å². The molecule has 7 nitrogen and oxygen atoms in total. The molecule has 3 amide bonds. The molecule has 0 radical (unpaired) electrons. The quantitative estimate of drug-likeness (QED) is 0.775. The van der Waals surface area contributed by atoms with Gasteiger partial charge in [0.15, 0.2) is 0 Å². The number of halogens is 1. The van der Waals surface area contributed by atoms with Crippen LogP contribution in [0.1, 0.15) is 47.3 Å². The number of primary amides is 1. The van der Waals surface area contributed by atoms with Crippen molar-refractivity contribution in [3.8, 4) is 0 Å². The molecule has 0 saturated carbocycles. The van der Waals surface area contributed by atoms with Crippen molar-refractivity contribution in [3.05, 3.63) is 59.2 Å². The van der Waals surface area contributed by atoms with Crippen molar-refractivity contribution in [1.82, 2.24) is 9.88 Å². The second-order valence-electron chi connectivity index (χ2n) is 7.45. The minimum atomic E-state index is -0.847. The first-order chi connectivity index (χ1) is 13.8. The lowest BCUT2D eigenvalue weighted by atomic mass is 9.89. The number of hydrogen-bond donors (Lipinski definition) is 2. The van der Waals surface area contributed by atoms with E-state index in [0.29, 0.717) is 24.1 Å². The second-order valence-corrected chi connectivity index (χ2v) is 7.45. The summed E-state index contributed by atoms with van der Waals surface area (Å²) in [4.78, 5) is 42.1. The van der Waals surface area contributed by atoms with Crippen LogP contribution in [-0.2, 0) is 9.59 Å². The molecule has 1 aromatic heterocycles. The van der Waals surface area contributed by atoms with Crippen LogP contribution in [0, 0.1) is 18.7 Å². The molecule has 8 heteroatoms. The third-order valence-electron chi connectivity index (χ3n) is 5.13. The van der Waals surface area contributed by atoms with Crippen molar-refractivity contribution in [2.75, 3.05) is 11.9 Å². The van der Waals surface area contributed by atoms with Crippen LogP contribution in [0.15, 0.2) is 36.7 Å². The van der Waals surface area contributed by atoms with Crippen LogP contribution in [-0.4, -0.2) is 34.2 Å². The van der Waals surface area contributed by atoms with E-state index in [2.05, 4.69) is 10.3 Å². The first-order valence-corrected chi connectivity index (χ1v) is 9.39. The Morgan fingerprint density at radius 2 is 1.97 bits per heavy atom. The summed E-state index contributed by atoms with van der Waals surface area (Å²) in [6.45, 7) is 4.07. The number of nitrogens with zero attached hydrogens (tertiary/aromatic N) is 2. The van der Waals surface area contributed by atoms with Crippen LogP contribution in [0.3, 0.4) is 0 Å². The molecule has 1 aromatic carbocycles. The van der Waals surface area contributed by atoms with Crippen molar-refractivity contribution in [2.45, 2.75) is 32.7 Å². The largest absolute Gasteiger partial charge is 0.366 e. The number of likely N-dealkylation sites (tertiary alicyclic amines) is 1. The molecule has 1 fully saturated rings. The molecule has 0 unspecified atom stereocenters. The second kappa shape index (κ2) is 8.38. The monoisotopic (exact) mass is 398 g/mol. The highest BCUT2D eigenvalue weighted by molar-refractivity contribution is 6.39. The maximum atomic E-state index is 14.1. The first-order valence-electron chi connectivity index (χ1n) is 9.39. The van der Waals surface area contributed by atoms with E-state index in [1.807, 2.05) is 6.92 Å². The van der Waals surface area contributed by atoms with Crippen molar-refractivity contribution in [2.24, 2.45) is 11.7 Å². The van der Waals surface area contributed by atoms with E-state index in [1.165, 1.54) is 29.4 Å². The van der Waals surface area contributed by atoms with Gasteiger partial charge in [-0.05, 0) is 48.9 Å². The van der Waals surface area contributed by atoms with Crippen molar-refractivity contribution in [3.63, 3.8) is 0 Å². The molecule has 152 valence electrons. The Morgan fingerprint density at radius 1 is 1.21 bits per heavy atom. The maximum absolute atomic E-state index is 14.1. The van der Waals surface area contributed by atoms with E-state index in [9.17, 15) is 18.8 Å². The molecule has 29 heavy (non-hydrogen) atoms. The average molecular weight is 398 g/mol. The highest BCUT2D eigenvalue weighted by Crippen LogP contribution is 2.34. The number of amides is 3. The van der Waals surface area contributed by atoms with E-state index >= 15 is 0 Å². The van der Waals surface area contributed by atoms with Gasteiger partial charge in [0.05, 0.1) is 23.5 Å². The molecule has 2 aromatic rings. The van der Waals surface area contributed by atoms with E-state index in [1.54, 1.807) is 19.1 Å². The molecule has 1 saturated heterocycles. The van der Waals surface area contributed by atoms with Crippen LogP contribution in [0.2, 0.25) is 0 Å². The standard InChI is InChI=1S/C21H23FN4O3/c1-12-3-6-18(14-5-4-13(2)17(22)8-14)26(11-12)21(29)20(28)25-16-7-15(19(23)27)9-24-10-16/h4-5,7-10,12,18H,3,6,11H2,1-2H3,(H2,23,27)(H,25,28)/t12-,18+/m1/s1. The maximum Gasteiger partial charge on any atom is 0.313 e. The molecule has 0 aliphatic carbocycles. The molecule has 3 rings (SSSR count). The lowest BCUT2D eigenvalue weighted by Gasteiger charge is -2.38. The van der Waals surface area contributed by atoms with Gasteiger partial charge in [-0.2, -0.15) is 0 Å². The number of nitrogens with two attached hydrogens (primary N) is 1. The normalized spacial score (nSPS) is 18.9. The lowest BCUT2D eigenvalue weighted by molar-refractivity contribution is -0.146. The molecule has 3 N–H and O–H groups in total. The van der Waals surface area contributed by atoms with Gasteiger partial charge in [-0.3, -0.25) is 19.4 Å². The van der Waals surface area contributed by atoms with E-state index < -0.39 is 17.7 Å². The van der Waals surface area contributed by atoms with Gasteiger partial charge in [0.2, 0.25) is 5.91 Å². The van der Waals surface area contributed by atoms with Crippen LogP contribution < -0.4 is 11.1 Å². The Hall–Kier alpha value is -3.29. The van der Waals surface area contributed by atoms with Gasteiger partial charge in [0, 0.05) is 12.7 Å². The van der Waals surface area contributed by atoms with E-state index in [-0.39, 0.29) is 29.0 Å². The fourth-order valence-electron chi connectivity index (χ4n) is 3.50. The minimum Gasteiger partial charge on any atom is -0.366 e. The molecule has 2 atom stereocenters. The minimum absolute atomic E-state index is 0.120. The van der Waals surface area contributed by atoms with Crippen LogP contribution >= 0.6 is 0 Å². The fourth-order valence-corrected chi connectivity index (χ4v) is 3.50. The summed E-state index contributed by atoms with van der Waals surface area (Å²) < 4.78 is 14.1. The smallest absolute Gasteiger partial charge is 0.313 e. The van der Waals surface area contributed by atoms with Crippen molar-refractivity contribution >= 4 is 23.4 Å². The van der Waals surface area contributed by atoms with Gasteiger partial charge in [-0.25, -0.2) is 4.39 Å².